The molecule has 1 saturated heterocycles. The number of H-pyrrole nitrogens is 1. The minimum absolute atomic E-state index is 0.459. The number of aromatic nitrogens is 2. The van der Waals surface area contributed by atoms with Gasteiger partial charge in [0, 0.05) is 6.20 Å². The Morgan fingerprint density at radius 3 is 2.32 bits per heavy atom. The van der Waals surface area contributed by atoms with Crippen molar-refractivity contribution >= 4 is 29.2 Å². The van der Waals surface area contributed by atoms with Crippen LogP contribution in [0, 0.1) is 0 Å². The molecule has 2 heterocycles. The minimum Gasteiger partial charge on any atom is -0.393 e. The molecule has 9 N–H and O–H groups in total. The molecule has 1 aliphatic heterocycles. The van der Waals surface area contributed by atoms with E-state index in [2.05, 4.69) is 19.7 Å². The quantitative estimate of drug-likeness (QED) is 0.0802. The van der Waals surface area contributed by atoms with Gasteiger partial charge in [-0.1, -0.05) is 6.08 Å². The standard InChI is InChI=1S/C12H20N3O16P3/c1-2-3-27-11(29-33(23,24)31-34(25,26)30-32(20,21)22)8-6(16)7(17)10(28-8)15-4-5(13)9(18)14-12(15)19/h2,4,6-8,10-11,16-17H,1,3,13H2,(H,23,24)(H,25,26)(H,14,18,19)(H2,20,21,22). The average molecular weight is 555 g/mol. The highest BCUT2D eigenvalue weighted by Gasteiger charge is 2.51. The summed E-state index contributed by atoms with van der Waals surface area (Å²) in [6, 6.07) is 0. The number of nitrogens with zero attached hydrogens (tertiary/aromatic N) is 1. The number of phosphoric acid groups is 3. The molecule has 0 aliphatic carbocycles. The lowest BCUT2D eigenvalue weighted by molar-refractivity contribution is -0.183. The molecule has 0 saturated carbocycles. The van der Waals surface area contributed by atoms with Crippen LogP contribution in [-0.2, 0) is 36.3 Å². The lowest BCUT2D eigenvalue weighted by Crippen LogP contribution is -2.41. The molecule has 0 spiro atoms. The molecule has 1 aliphatic rings. The Morgan fingerprint density at radius 1 is 1.15 bits per heavy atom. The topological polar surface area (TPSA) is 300 Å². The Balaban J connectivity index is 2.31. The highest BCUT2D eigenvalue weighted by Crippen LogP contribution is 2.66. The van der Waals surface area contributed by atoms with Gasteiger partial charge in [0.25, 0.3) is 5.56 Å². The molecule has 1 aromatic rings. The fraction of sp³-hybridized carbons (Fsp3) is 0.500. The third-order valence-electron chi connectivity index (χ3n) is 3.84. The molecule has 0 bridgehead atoms. The van der Waals surface area contributed by atoms with Crippen LogP contribution in [0.4, 0.5) is 5.69 Å². The van der Waals surface area contributed by atoms with Gasteiger partial charge in [-0.05, 0) is 0 Å². The summed E-state index contributed by atoms with van der Waals surface area (Å²) in [5.41, 5.74) is 2.87. The van der Waals surface area contributed by atoms with Crippen molar-refractivity contribution in [1.82, 2.24) is 9.55 Å². The second-order valence-corrected chi connectivity index (χ2v) is 10.8. The summed E-state index contributed by atoms with van der Waals surface area (Å²) < 4.78 is 57.0. The fourth-order valence-corrected chi connectivity index (χ4v) is 5.71. The van der Waals surface area contributed by atoms with Crippen molar-refractivity contribution < 1.29 is 66.1 Å². The van der Waals surface area contributed by atoms with Gasteiger partial charge < -0.3 is 45.0 Å². The van der Waals surface area contributed by atoms with Gasteiger partial charge in [0.2, 0.25) is 0 Å². The van der Waals surface area contributed by atoms with E-state index in [1.807, 2.05) is 4.98 Å². The Morgan fingerprint density at radius 2 is 1.76 bits per heavy atom. The maximum atomic E-state index is 12.2. The zero-order valence-corrected chi connectivity index (χ0v) is 19.3. The lowest BCUT2D eigenvalue weighted by Gasteiger charge is -2.27. The number of aliphatic hydroxyl groups excluding tert-OH is 2. The maximum absolute atomic E-state index is 12.2. The lowest BCUT2D eigenvalue weighted by atomic mass is 10.1. The number of hydrogen-bond donors (Lipinski definition) is 8. The third kappa shape index (κ3) is 7.48. The van der Waals surface area contributed by atoms with Crippen molar-refractivity contribution in [2.75, 3.05) is 12.3 Å². The maximum Gasteiger partial charge on any atom is 0.490 e. The molecular weight excluding hydrogens is 535 g/mol. The Bertz CT molecular complexity index is 1160. The third-order valence-corrected chi connectivity index (χ3v) is 7.65. The molecule has 0 aromatic carbocycles. The SMILES string of the molecule is C=CCOC(OP(=O)(O)OP(=O)(O)OP(=O)(O)O)C1OC(n2cc(N)c(=O)[nH]c2=O)C(O)C1O. The van der Waals surface area contributed by atoms with Gasteiger partial charge in [-0.3, -0.25) is 18.9 Å². The second-order valence-electron chi connectivity index (χ2n) is 6.41. The van der Waals surface area contributed by atoms with Crippen LogP contribution < -0.4 is 17.0 Å². The highest BCUT2D eigenvalue weighted by atomic mass is 31.3. The number of aromatic amines is 1. The number of nitrogen functional groups attached to an aromatic ring is 1. The summed E-state index contributed by atoms with van der Waals surface area (Å²) in [7, 11) is -17.3. The van der Waals surface area contributed by atoms with Crippen molar-refractivity contribution in [2.45, 2.75) is 30.8 Å². The minimum atomic E-state index is -5.88. The van der Waals surface area contributed by atoms with Crippen LogP contribution in [-0.4, -0.2) is 70.5 Å². The molecular formula is C12H20N3O16P3. The predicted molar refractivity (Wildman–Crippen MR) is 107 cm³/mol. The summed E-state index contributed by atoms with van der Waals surface area (Å²) in [5.74, 6) is 0. The van der Waals surface area contributed by atoms with E-state index in [-0.39, 0.29) is 0 Å². The number of anilines is 1. The van der Waals surface area contributed by atoms with Gasteiger partial charge in [-0.15, -0.1) is 6.58 Å². The van der Waals surface area contributed by atoms with Gasteiger partial charge >= 0.3 is 29.2 Å². The zero-order valence-electron chi connectivity index (χ0n) is 16.6. The molecule has 194 valence electrons. The van der Waals surface area contributed by atoms with Crippen LogP contribution in [0.2, 0.25) is 0 Å². The Kier molecular flexibility index (Phi) is 8.96. The summed E-state index contributed by atoms with van der Waals surface area (Å²) in [5, 5.41) is 20.6. The fourth-order valence-electron chi connectivity index (χ4n) is 2.61. The van der Waals surface area contributed by atoms with E-state index in [0.29, 0.717) is 4.57 Å². The summed E-state index contributed by atoms with van der Waals surface area (Å²) in [6.07, 6.45) is -7.90. The molecule has 34 heavy (non-hydrogen) atoms. The smallest absolute Gasteiger partial charge is 0.393 e. The van der Waals surface area contributed by atoms with Crippen LogP contribution in [0.3, 0.4) is 0 Å². The highest BCUT2D eigenvalue weighted by molar-refractivity contribution is 7.66. The number of hydrogen-bond acceptors (Lipinski definition) is 13. The van der Waals surface area contributed by atoms with Gasteiger partial charge in [0.15, 0.2) is 12.5 Å². The van der Waals surface area contributed by atoms with Crippen molar-refractivity contribution in [2.24, 2.45) is 0 Å². The van der Waals surface area contributed by atoms with Crippen LogP contribution in [0.5, 0.6) is 0 Å². The second kappa shape index (κ2) is 10.6. The molecule has 0 radical (unpaired) electrons. The van der Waals surface area contributed by atoms with Crippen LogP contribution in [0.15, 0.2) is 28.4 Å². The van der Waals surface area contributed by atoms with Gasteiger partial charge in [-0.2, -0.15) is 8.62 Å². The number of nitrogens with two attached hydrogens (primary N) is 1. The van der Waals surface area contributed by atoms with Gasteiger partial charge in [0.1, 0.15) is 24.0 Å². The Labute approximate surface area is 188 Å². The molecule has 2 rings (SSSR count). The first-order valence-corrected chi connectivity index (χ1v) is 13.2. The number of rotatable bonds is 11. The largest absolute Gasteiger partial charge is 0.490 e. The molecule has 1 fully saturated rings. The summed E-state index contributed by atoms with van der Waals surface area (Å²) >= 11 is 0. The van der Waals surface area contributed by atoms with E-state index >= 15 is 0 Å². The van der Waals surface area contributed by atoms with Crippen molar-refractivity contribution in [3.63, 3.8) is 0 Å². The molecule has 19 nitrogen and oxygen atoms in total. The number of nitrogens with one attached hydrogen (secondary N) is 1. The van der Waals surface area contributed by atoms with Gasteiger partial charge in [-0.25, -0.2) is 18.5 Å². The van der Waals surface area contributed by atoms with E-state index < -0.39 is 77.8 Å². The number of phosphoric ester groups is 1. The first kappa shape index (κ1) is 28.7. The molecule has 22 heteroatoms. The summed E-state index contributed by atoms with van der Waals surface area (Å²) in [6.45, 7) is 2.84. The van der Waals surface area contributed by atoms with Crippen molar-refractivity contribution in [3.05, 3.63) is 39.7 Å². The van der Waals surface area contributed by atoms with E-state index in [1.165, 1.54) is 0 Å². The first-order valence-electron chi connectivity index (χ1n) is 8.63. The van der Waals surface area contributed by atoms with Crippen molar-refractivity contribution in [3.8, 4) is 0 Å². The predicted octanol–water partition coefficient (Wildman–Crippen LogP) is -2.39. The van der Waals surface area contributed by atoms with E-state index in [9.17, 15) is 43.3 Å². The van der Waals surface area contributed by atoms with E-state index in [0.717, 1.165) is 12.3 Å². The number of ether oxygens (including phenoxy) is 2. The first-order chi connectivity index (χ1) is 15.5. The van der Waals surface area contributed by atoms with Crippen molar-refractivity contribution in [1.29, 1.82) is 0 Å². The monoisotopic (exact) mass is 555 g/mol. The van der Waals surface area contributed by atoms with E-state index in [4.69, 9.17) is 25.0 Å². The number of aliphatic hydroxyl groups is 2. The molecule has 7 unspecified atom stereocenters. The summed E-state index contributed by atoms with van der Waals surface area (Å²) in [4.78, 5) is 61.4. The van der Waals surface area contributed by atoms with Crippen LogP contribution in [0.1, 0.15) is 6.23 Å². The van der Waals surface area contributed by atoms with Gasteiger partial charge in [0.05, 0.1) is 6.61 Å². The Hall–Kier alpha value is -1.53. The normalized spacial score (nSPS) is 27.6. The van der Waals surface area contributed by atoms with E-state index in [1.54, 1.807) is 0 Å². The molecule has 0 amide bonds. The zero-order chi connectivity index (χ0) is 26.1. The molecule has 7 atom stereocenters. The average Bonchev–Trinajstić information content (AvgIpc) is 2.94. The van der Waals surface area contributed by atoms with Crippen LogP contribution in [0.25, 0.3) is 0 Å². The molecule has 1 aromatic heterocycles. The van der Waals surface area contributed by atoms with Crippen LogP contribution >= 0.6 is 23.5 Å².